The molecule has 2 rings (SSSR count). The smallest absolute Gasteiger partial charge is 0.315 e. The number of nitrogens with zero attached hydrogens (tertiary/aromatic N) is 1. The van der Waals surface area contributed by atoms with Crippen LogP contribution in [0.1, 0.15) is 32.3 Å². The number of halogens is 1. The Bertz CT molecular complexity index is 551. The van der Waals surface area contributed by atoms with Gasteiger partial charge in [0.1, 0.15) is 0 Å². The van der Waals surface area contributed by atoms with E-state index in [1.54, 1.807) is 4.90 Å². The largest absolute Gasteiger partial charge is 0.341 e. The molecule has 1 fully saturated rings. The van der Waals surface area contributed by atoms with Crippen molar-refractivity contribution >= 4 is 23.5 Å². The molecule has 1 aromatic carbocycles. The topological polar surface area (TPSA) is 61.4 Å². The molecule has 6 heteroatoms. The van der Waals surface area contributed by atoms with Crippen LogP contribution in [0.3, 0.4) is 0 Å². The molecular weight excluding hydrogens is 314 g/mol. The molecule has 0 aliphatic carbocycles. The summed E-state index contributed by atoms with van der Waals surface area (Å²) in [6, 6.07) is 7.28. The summed E-state index contributed by atoms with van der Waals surface area (Å²) in [6.45, 7) is 6.21. The maximum atomic E-state index is 11.9. The normalized spacial score (nSPS) is 14.7. The number of benzene rings is 1. The van der Waals surface area contributed by atoms with E-state index in [0.717, 1.165) is 31.5 Å². The Balaban J connectivity index is 1.76. The Labute approximate surface area is 142 Å². The minimum atomic E-state index is -0.320. The number of hydrogen-bond acceptors (Lipinski definition) is 2. The van der Waals surface area contributed by atoms with E-state index >= 15 is 0 Å². The Morgan fingerprint density at radius 1 is 1.13 bits per heavy atom. The van der Waals surface area contributed by atoms with E-state index in [0.29, 0.717) is 11.6 Å². The van der Waals surface area contributed by atoms with Crippen LogP contribution >= 0.6 is 11.6 Å². The minimum absolute atomic E-state index is 0.0189. The molecule has 0 unspecified atom stereocenters. The highest BCUT2D eigenvalue weighted by molar-refractivity contribution is 6.30. The van der Waals surface area contributed by atoms with Crippen molar-refractivity contribution in [2.45, 2.75) is 32.1 Å². The molecule has 0 bridgehead atoms. The van der Waals surface area contributed by atoms with Crippen LogP contribution < -0.4 is 10.6 Å². The molecule has 3 amide bonds. The fourth-order valence-corrected chi connectivity index (χ4v) is 2.73. The molecule has 0 saturated carbocycles. The Hall–Kier alpha value is -1.75. The maximum Gasteiger partial charge on any atom is 0.315 e. The lowest BCUT2D eigenvalue weighted by Crippen LogP contribution is -2.46. The van der Waals surface area contributed by atoms with Gasteiger partial charge in [0.25, 0.3) is 0 Å². The van der Waals surface area contributed by atoms with Gasteiger partial charge in [0.2, 0.25) is 5.91 Å². The van der Waals surface area contributed by atoms with E-state index in [2.05, 4.69) is 10.6 Å². The SMILES string of the molecule is CC(C)(CNC(=O)NCC(=O)N1CCCC1)c1ccc(Cl)cc1. The maximum absolute atomic E-state index is 11.9. The highest BCUT2D eigenvalue weighted by Gasteiger charge is 2.22. The summed E-state index contributed by atoms with van der Waals surface area (Å²) in [7, 11) is 0. The van der Waals surface area contributed by atoms with E-state index in [9.17, 15) is 9.59 Å². The zero-order chi connectivity index (χ0) is 16.9. The van der Waals surface area contributed by atoms with Gasteiger partial charge >= 0.3 is 6.03 Å². The second-order valence-electron chi connectivity index (χ2n) is 6.51. The number of urea groups is 1. The van der Waals surface area contributed by atoms with Gasteiger partial charge in [0.15, 0.2) is 0 Å². The lowest BCUT2D eigenvalue weighted by Gasteiger charge is -2.26. The van der Waals surface area contributed by atoms with Crippen molar-refractivity contribution < 1.29 is 9.59 Å². The highest BCUT2D eigenvalue weighted by Crippen LogP contribution is 2.23. The van der Waals surface area contributed by atoms with Gasteiger partial charge in [-0.25, -0.2) is 4.79 Å². The molecule has 1 heterocycles. The number of carbonyl (C=O) groups is 2. The van der Waals surface area contributed by atoms with Crippen molar-refractivity contribution in [2.75, 3.05) is 26.2 Å². The molecule has 1 aliphatic rings. The average Bonchev–Trinajstić information content (AvgIpc) is 3.05. The third-order valence-corrected chi connectivity index (χ3v) is 4.43. The number of carbonyl (C=O) groups excluding carboxylic acids is 2. The van der Waals surface area contributed by atoms with Crippen molar-refractivity contribution in [3.63, 3.8) is 0 Å². The number of likely N-dealkylation sites (tertiary alicyclic amines) is 1. The van der Waals surface area contributed by atoms with Crippen LogP contribution in [0.15, 0.2) is 24.3 Å². The van der Waals surface area contributed by atoms with E-state index in [1.165, 1.54) is 0 Å². The van der Waals surface area contributed by atoms with E-state index in [4.69, 9.17) is 11.6 Å². The predicted octanol–water partition coefficient (Wildman–Crippen LogP) is 2.54. The monoisotopic (exact) mass is 337 g/mol. The molecular formula is C17H24ClN3O2. The quantitative estimate of drug-likeness (QED) is 0.867. The molecule has 2 N–H and O–H groups in total. The molecule has 1 saturated heterocycles. The molecule has 5 nitrogen and oxygen atoms in total. The second-order valence-corrected chi connectivity index (χ2v) is 6.95. The summed E-state index contributed by atoms with van der Waals surface area (Å²) in [5.41, 5.74) is 0.872. The summed E-state index contributed by atoms with van der Waals surface area (Å²) in [4.78, 5) is 25.5. The van der Waals surface area contributed by atoms with Crippen LogP contribution in [0.4, 0.5) is 4.79 Å². The lowest BCUT2D eigenvalue weighted by atomic mass is 9.85. The van der Waals surface area contributed by atoms with Crippen LogP contribution in [0.2, 0.25) is 5.02 Å². The molecule has 1 aromatic rings. The fourth-order valence-electron chi connectivity index (χ4n) is 2.60. The first-order chi connectivity index (χ1) is 10.9. The van der Waals surface area contributed by atoms with Gasteiger partial charge in [-0.1, -0.05) is 37.6 Å². The van der Waals surface area contributed by atoms with Crippen molar-refractivity contribution in [1.29, 1.82) is 0 Å². The number of nitrogens with one attached hydrogen (secondary N) is 2. The second kappa shape index (κ2) is 7.68. The fraction of sp³-hybridized carbons (Fsp3) is 0.529. The summed E-state index contributed by atoms with van der Waals surface area (Å²) in [5, 5.41) is 6.15. The van der Waals surface area contributed by atoms with Crippen LogP contribution in [-0.4, -0.2) is 43.0 Å². The van der Waals surface area contributed by atoms with Crippen LogP contribution in [0.25, 0.3) is 0 Å². The van der Waals surface area contributed by atoms with E-state index in [1.807, 2.05) is 38.1 Å². The number of rotatable bonds is 5. The van der Waals surface area contributed by atoms with Crippen molar-refractivity contribution in [3.05, 3.63) is 34.9 Å². The zero-order valence-corrected chi connectivity index (χ0v) is 14.4. The predicted molar refractivity (Wildman–Crippen MR) is 91.7 cm³/mol. The summed E-state index contributed by atoms with van der Waals surface area (Å²) < 4.78 is 0. The van der Waals surface area contributed by atoms with Crippen LogP contribution in [0.5, 0.6) is 0 Å². The Kier molecular flexibility index (Phi) is 5.88. The standard InChI is InChI=1S/C17H24ClN3O2/c1-17(2,13-5-7-14(18)8-6-13)12-20-16(23)19-11-15(22)21-9-3-4-10-21/h5-8H,3-4,9-12H2,1-2H3,(H2,19,20,23). The molecule has 0 radical (unpaired) electrons. The van der Waals surface area contributed by atoms with Gasteiger partial charge in [-0.2, -0.15) is 0 Å². The average molecular weight is 338 g/mol. The number of hydrogen-bond donors (Lipinski definition) is 2. The molecule has 0 atom stereocenters. The molecule has 23 heavy (non-hydrogen) atoms. The summed E-state index contributed by atoms with van der Waals surface area (Å²) in [6.07, 6.45) is 2.10. The number of amides is 3. The van der Waals surface area contributed by atoms with Crippen molar-refractivity contribution in [3.8, 4) is 0 Å². The zero-order valence-electron chi connectivity index (χ0n) is 13.7. The van der Waals surface area contributed by atoms with E-state index in [-0.39, 0.29) is 23.9 Å². The summed E-state index contributed by atoms with van der Waals surface area (Å²) >= 11 is 5.90. The highest BCUT2D eigenvalue weighted by atomic mass is 35.5. The Morgan fingerprint density at radius 3 is 2.35 bits per heavy atom. The van der Waals surface area contributed by atoms with Gasteiger partial charge in [0.05, 0.1) is 6.54 Å². The first kappa shape index (κ1) is 17.6. The van der Waals surface area contributed by atoms with Gasteiger partial charge < -0.3 is 15.5 Å². The lowest BCUT2D eigenvalue weighted by molar-refractivity contribution is -0.128. The van der Waals surface area contributed by atoms with Crippen molar-refractivity contribution in [1.82, 2.24) is 15.5 Å². The van der Waals surface area contributed by atoms with E-state index < -0.39 is 0 Å². The first-order valence-electron chi connectivity index (χ1n) is 7.94. The molecule has 0 aromatic heterocycles. The molecule has 0 spiro atoms. The van der Waals surface area contributed by atoms with Gasteiger partial charge in [0, 0.05) is 30.1 Å². The first-order valence-corrected chi connectivity index (χ1v) is 8.32. The van der Waals surface area contributed by atoms with Gasteiger partial charge in [-0.3, -0.25) is 4.79 Å². The third kappa shape index (κ3) is 5.13. The van der Waals surface area contributed by atoms with Crippen LogP contribution in [-0.2, 0) is 10.2 Å². The Morgan fingerprint density at radius 2 is 1.74 bits per heavy atom. The van der Waals surface area contributed by atoms with Gasteiger partial charge in [-0.15, -0.1) is 0 Å². The van der Waals surface area contributed by atoms with Crippen LogP contribution in [0, 0.1) is 0 Å². The summed E-state index contributed by atoms with van der Waals surface area (Å²) in [5.74, 6) is -0.0189. The third-order valence-electron chi connectivity index (χ3n) is 4.18. The minimum Gasteiger partial charge on any atom is -0.341 e. The molecule has 126 valence electrons. The molecule has 1 aliphatic heterocycles. The van der Waals surface area contributed by atoms with Crippen molar-refractivity contribution in [2.24, 2.45) is 0 Å². The van der Waals surface area contributed by atoms with Gasteiger partial charge in [-0.05, 0) is 30.5 Å².